The Balaban J connectivity index is 2.23. The third kappa shape index (κ3) is 3.07. The summed E-state index contributed by atoms with van der Waals surface area (Å²) in [5.41, 5.74) is 1.23. The molecule has 0 aliphatic carbocycles. The molecule has 0 radical (unpaired) electrons. The molecule has 1 amide bonds. The average Bonchev–Trinajstić information content (AvgIpc) is 2.75. The second-order valence-corrected chi connectivity index (χ2v) is 7.13. The highest BCUT2D eigenvalue weighted by Gasteiger charge is 2.22. The Morgan fingerprint density at radius 3 is 2.63 bits per heavy atom. The Hall–Kier alpha value is -1.56. The number of nitrogens with one attached hydrogen (secondary N) is 1. The summed E-state index contributed by atoms with van der Waals surface area (Å²) in [4.78, 5) is 13.4. The van der Waals surface area contributed by atoms with E-state index < -0.39 is 15.3 Å². The van der Waals surface area contributed by atoms with Crippen molar-refractivity contribution < 1.29 is 13.2 Å². The number of carbonyl (C=O) groups excluding carboxylic acids is 1. The van der Waals surface area contributed by atoms with Gasteiger partial charge in [-0.15, -0.1) is 0 Å². The van der Waals surface area contributed by atoms with Crippen molar-refractivity contribution in [2.75, 3.05) is 16.2 Å². The molecule has 0 atom stereocenters. The van der Waals surface area contributed by atoms with Crippen molar-refractivity contribution in [1.29, 1.82) is 0 Å². The lowest BCUT2D eigenvalue weighted by Crippen LogP contribution is -2.25. The Morgan fingerprint density at radius 1 is 1.32 bits per heavy atom. The summed E-state index contributed by atoms with van der Waals surface area (Å²) >= 11 is 0. The smallest absolute Gasteiger partial charge is 0.235 e. The Morgan fingerprint density at radius 2 is 2.05 bits per heavy atom. The number of rotatable bonds is 4. The predicted molar refractivity (Wildman–Crippen MR) is 75.7 cm³/mol. The van der Waals surface area contributed by atoms with Gasteiger partial charge in [-0.2, -0.15) is 0 Å². The van der Waals surface area contributed by atoms with E-state index in [9.17, 15) is 13.2 Å². The lowest BCUT2D eigenvalue weighted by molar-refractivity contribution is -0.117. The fourth-order valence-corrected chi connectivity index (χ4v) is 2.63. The number of carbonyl (C=O) groups is 1. The van der Waals surface area contributed by atoms with Crippen LogP contribution in [0.5, 0.6) is 0 Å². The highest BCUT2D eigenvalue weighted by atomic mass is 32.2. The zero-order valence-corrected chi connectivity index (χ0v) is 11.9. The van der Waals surface area contributed by atoms with Gasteiger partial charge in [0.15, 0.2) is 0 Å². The van der Waals surface area contributed by atoms with Crippen LogP contribution in [0.2, 0.25) is 0 Å². The van der Waals surface area contributed by atoms with Crippen LogP contribution >= 0.6 is 0 Å². The first-order valence-corrected chi connectivity index (χ1v) is 7.87. The van der Waals surface area contributed by atoms with Crippen LogP contribution in [0.25, 0.3) is 0 Å². The maximum atomic E-state index is 11.8. The molecule has 1 aromatic carbocycles. The number of hydrogen-bond donors (Lipinski definition) is 1. The van der Waals surface area contributed by atoms with Crippen LogP contribution in [0.15, 0.2) is 24.3 Å². The maximum absolute atomic E-state index is 11.8. The molecule has 1 fully saturated rings. The van der Waals surface area contributed by atoms with Crippen molar-refractivity contribution in [1.82, 2.24) is 0 Å². The van der Waals surface area contributed by atoms with Crippen LogP contribution in [-0.4, -0.2) is 26.1 Å². The van der Waals surface area contributed by atoms with Crippen molar-refractivity contribution in [2.24, 2.45) is 0 Å². The number of anilines is 2. The first-order chi connectivity index (χ1) is 8.90. The zero-order valence-electron chi connectivity index (χ0n) is 11.1. The lowest BCUT2D eigenvalue weighted by Gasteiger charge is -2.17. The summed E-state index contributed by atoms with van der Waals surface area (Å²) < 4.78 is 26.1. The van der Waals surface area contributed by atoms with Crippen molar-refractivity contribution >= 4 is 27.3 Å². The monoisotopic (exact) mass is 282 g/mol. The van der Waals surface area contributed by atoms with E-state index in [-0.39, 0.29) is 5.91 Å². The zero-order chi connectivity index (χ0) is 14.0. The van der Waals surface area contributed by atoms with E-state index in [0.717, 1.165) is 12.1 Å². The fraction of sp³-hybridized carbons (Fsp3) is 0.462. The van der Waals surface area contributed by atoms with E-state index in [4.69, 9.17) is 0 Å². The van der Waals surface area contributed by atoms with Gasteiger partial charge >= 0.3 is 0 Å². The van der Waals surface area contributed by atoms with Crippen molar-refractivity contribution in [3.8, 4) is 0 Å². The minimum absolute atomic E-state index is 0.0869. The number of hydrogen-bond acceptors (Lipinski definition) is 3. The largest absolute Gasteiger partial charge is 0.312 e. The highest BCUT2D eigenvalue weighted by Crippen LogP contribution is 2.25. The molecule has 0 bridgehead atoms. The van der Waals surface area contributed by atoms with Crippen LogP contribution in [0.3, 0.4) is 0 Å². The van der Waals surface area contributed by atoms with Gasteiger partial charge < -0.3 is 4.90 Å². The molecule has 0 spiro atoms. The summed E-state index contributed by atoms with van der Waals surface area (Å²) in [5, 5.41) is -0.496. The summed E-state index contributed by atoms with van der Waals surface area (Å²) in [6.45, 7) is 3.94. The summed E-state index contributed by atoms with van der Waals surface area (Å²) in [6, 6.07) is 6.95. The first-order valence-electron chi connectivity index (χ1n) is 6.32. The molecule has 1 N–H and O–H groups in total. The first kappa shape index (κ1) is 13.9. The molecule has 6 heteroatoms. The molecule has 1 saturated heterocycles. The van der Waals surface area contributed by atoms with Gasteiger partial charge in [-0.25, -0.2) is 8.42 Å². The van der Waals surface area contributed by atoms with E-state index in [1.54, 1.807) is 36.9 Å². The van der Waals surface area contributed by atoms with E-state index in [2.05, 4.69) is 4.72 Å². The summed E-state index contributed by atoms with van der Waals surface area (Å²) in [6.07, 6.45) is 1.41. The minimum atomic E-state index is -3.36. The van der Waals surface area contributed by atoms with E-state index in [1.165, 1.54) is 0 Å². The van der Waals surface area contributed by atoms with Gasteiger partial charge in [0, 0.05) is 18.7 Å². The Labute approximate surface area is 113 Å². The summed E-state index contributed by atoms with van der Waals surface area (Å²) in [7, 11) is -3.36. The lowest BCUT2D eigenvalue weighted by atomic mass is 10.2. The molecule has 1 heterocycles. The van der Waals surface area contributed by atoms with Gasteiger partial charge in [0.1, 0.15) is 0 Å². The van der Waals surface area contributed by atoms with E-state index in [1.807, 2.05) is 6.07 Å². The van der Waals surface area contributed by atoms with Gasteiger partial charge in [-0.1, -0.05) is 6.07 Å². The fourth-order valence-electron chi connectivity index (χ4n) is 1.94. The Bertz CT molecular complexity index is 581. The van der Waals surface area contributed by atoms with Gasteiger partial charge in [0.2, 0.25) is 15.9 Å². The van der Waals surface area contributed by atoms with Gasteiger partial charge in [-0.05, 0) is 38.5 Å². The molecule has 2 rings (SSSR count). The van der Waals surface area contributed by atoms with Crippen molar-refractivity contribution in [3.05, 3.63) is 24.3 Å². The van der Waals surface area contributed by atoms with Gasteiger partial charge in [0.05, 0.1) is 10.9 Å². The number of benzene rings is 1. The predicted octanol–water partition coefficient (Wildman–Crippen LogP) is 1.96. The third-order valence-corrected chi connectivity index (χ3v) is 4.87. The van der Waals surface area contributed by atoms with Crippen LogP contribution < -0.4 is 9.62 Å². The van der Waals surface area contributed by atoms with Crippen LogP contribution in [0, 0.1) is 0 Å². The Kier molecular flexibility index (Phi) is 3.80. The highest BCUT2D eigenvalue weighted by molar-refractivity contribution is 7.93. The third-order valence-electron chi connectivity index (χ3n) is 3.11. The maximum Gasteiger partial charge on any atom is 0.235 e. The topological polar surface area (TPSA) is 66.5 Å². The number of sulfonamides is 1. The average molecular weight is 282 g/mol. The van der Waals surface area contributed by atoms with Crippen LogP contribution in [0.1, 0.15) is 26.7 Å². The molecule has 0 aromatic heterocycles. The quantitative estimate of drug-likeness (QED) is 0.918. The van der Waals surface area contributed by atoms with Crippen molar-refractivity contribution in [2.45, 2.75) is 31.9 Å². The van der Waals surface area contributed by atoms with Crippen LogP contribution in [-0.2, 0) is 14.8 Å². The second kappa shape index (κ2) is 5.21. The SMILES string of the molecule is CC(C)S(=O)(=O)Nc1cccc(N2CCCC2=O)c1. The molecule has 19 heavy (non-hydrogen) atoms. The number of amides is 1. The standard InChI is InChI=1S/C13H18N2O3S/c1-10(2)19(17,18)14-11-5-3-6-12(9-11)15-8-4-7-13(15)16/h3,5-6,9-10,14H,4,7-8H2,1-2H3. The molecule has 1 aliphatic rings. The molecular weight excluding hydrogens is 264 g/mol. The second-order valence-electron chi connectivity index (χ2n) is 4.90. The van der Waals surface area contributed by atoms with Gasteiger partial charge in [-0.3, -0.25) is 9.52 Å². The molecule has 0 saturated carbocycles. The van der Waals surface area contributed by atoms with Gasteiger partial charge in [0.25, 0.3) is 0 Å². The van der Waals surface area contributed by atoms with Crippen molar-refractivity contribution in [3.63, 3.8) is 0 Å². The van der Waals surface area contributed by atoms with E-state index in [0.29, 0.717) is 18.7 Å². The molecule has 104 valence electrons. The molecule has 5 nitrogen and oxygen atoms in total. The molecule has 1 aliphatic heterocycles. The van der Waals surface area contributed by atoms with Crippen LogP contribution in [0.4, 0.5) is 11.4 Å². The summed E-state index contributed by atoms with van der Waals surface area (Å²) in [5.74, 6) is 0.0869. The minimum Gasteiger partial charge on any atom is -0.312 e. The van der Waals surface area contributed by atoms with E-state index >= 15 is 0 Å². The number of nitrogens with zero attached hydrogens (tertiary/aromatic N) is 1. The molecule has 0 unspecified atom stereocenters. The molecular formula is C13H18N2O3S. The molecule has 1 aromatic rings. The normalized spacial score (nSPS) is 16.2.